The molecule has 0 radical (unpaired) electrons. The minimum Gasteiger partial charge on any atom is -0.376 e. The maximum atomic E-state index is 12.9. The standard InChI is InChI=1S/C25H29N3O2/c29-25(22-7-8-23-24(14-22)27-17-26-23)28-11-9-19(10-12-28)13-18-1-3-20(4-2-18)15-30-16-21-5-6-21/h1-4,7-8,14,17,19,21H,5-6,9-13,15-16H2,(H,26,27). The average Bonchev–Trinajstić information content (AvgIpc) is 3.48. The van der Waals surface area contributed by atoms with Crippen LogP contribution in [0.2, 0.25) is 0 Å². The summed E-state index contributed by atoms with van der Waals surface area (Å²) in [5, 5.41) is 0. The second-order valence-corrected chi connectivity index (χ2v) is 8.85. The lowest BCUT2D eigenvalue weighted by Crippen LogP contribution is -2.38. The van der Waals surface area contributed by atoms with Crippen molar-refractivity contribution in [2.24, 2.45) is 11.8 Å². The number of likely N-dealkylation sites (tertiary alicyclic amines) is 1. The Morgan fingerprint density at radius 3 is 2.53 bits per heavy atom. The van der Waals surface area contributed by atoms with Crippen LogP contribution in [-0.2, 0) is 17.8 Å². The van der Waals surface area contributed by atoms with Gasteiger partial charge < -0.3 is 14.6 Å². The van der Waals surface area contributed by atoms with Gasteiger partial charge in [-0.15, -0.1) is 0 Å². The van der Waals surface area contributed by atoms with E-state index in [0.29, 0.717) is 5.92 Å². The fourth-order valence-electron chi connectivity index (χ4n) is 4.32. The highest BCUT2D eigenvalue weighted by molar-refractivity contribution is 5.97. The first-order valence-electron chi connectivity index (χ1n) is 11.1. The number of ether oxygens (including phenoxy) is 1. The quantitative estimate of drug-likeness (QED) is 0.628. The fraction of sp³-hybridized carbons (Fsp3) is 0.440. The number of carbonyl (C=O) groups excluding carboxylic acids is 1. The molecule has 1 amide bonds. The number of amides is 1. The Morgan fingerprint density at radius 2 is 1.77 bits per heavy atom. The molecule has 1 saturated carbocycles. The number of nitrogens with one attached hydrogen (secondary N) is 1. The Morgan fingerprint density at radius 1 is 1.00 bits per heavy atom. The Hall–Kier alpha value is -2.66. The van der Waals surface area contributed by atoms with Gasteiger partial charge in [-0.25, -0.2) is 4.98 Å². The molecule has 0 unspecified atom stereocenters. The monoisotopic (exact) mass is 403 g/mol. The molecule has 2 heterocycles. The summed E-state index contributed by atoms with van der Waals surface area (Å²) < 4.78 is 5.78. The van der Waals surface area contributed by atoms with E-state index < -0.39 is 0 Å². The molecule has 2 aromatic carbocycles. The minimum atomic E-state index is 0.125. The Balaban J connectivity index is 1.10. The Kier molecular flexibility index (Phi) is 5.54. The van der Waals surface area contributed by atoms with Crippen molar-refractivity contribution >= 4 is 16.9 Å². The lowest BCUT2D eigenvalue weighted by Gasteiger charge is -2.32. The van der Waals surface area contributed by atoms with E-state index >= 15 is 0 Å². The van der Waals surface area contributed by atoms with Crippen molar-refractivity contribution in [2.45, 2.75) is 38.7 Å². The van der Waals surface area contributed by atoms with Crippen molar-refractivity contribution in [3.8, 4) is 0 Å². The van der Waals surface area contributed by atoms with Gasteiger partial charge in [-0.2, -0.15) is 0 Å². The Labute approximate surface area is 177 Å². The third kappa shape index (κ3) is 4.57. The molecule has 5 nitrogen and oxygen atoms in total. The van der Waals surface area contributed by atoms with Gasteiger partial charge in [-0.05, 0) is 73.3 Å². The zero-order chi connectivity index (χ0) is 20.3. The molecule has 1 aliphatic carbocycles. The summed E-state index contributed by atoms with van der Waals surface area (Å²) in [6.45, 7) is 3.30. The van der Waals surface area contributed by atoms with Gasteiger partial charge in [0.25, 0.3) is 5.91 Å². The summed E-state index contributed by atoms with van der Waals surface area (Å²) in [7, 11) is 0. The molecule has 1 saturated heterocycles. The summed E-state index contributed by atoms with van der Waals surface area (Å²) in [6, 6.07) is 14.6. The molecule has 1 N–H and O–H groups in total. The Bertz CT molecular complexity index is 999. The zero-order valence-electron chi connectivity index (χ0n) is 17.3. The molecule has 0 spiro atoms. The summed E-state index contributed by atoms with van der Waals surface area (Å²) in [4.78, 5) is 22.2. The first-order valence-corrected chi connectivity index (χ1v) is 11.1. The van der Waals surface area contributed by atoms with Crippen molar-refractivity contribution in [1.82, 2.24) is 14.9 Å². The van der Waals surface area contributed by atoms with E-state index in [2.05, 4.69) is 34.2 Å². The number of imidazole rings is 1. The van der Waals surface area contributed by atoms with Crippen molar-refractivity contribution in [3.63, 3.8) is 0 Å². The lowest BCUT2D eigenvalue weighted by atomic mass is 9.89. The molecule has 1 aromatic heterocycles. The number of piperidine rings is 1. The first-order chi connectivity index (χ1) is 14.7. The first kappa shape index (κ1) is 19.3. The number of fused-ring (bicyclic) bond motifs is 1. The summed E-state index contributed by atoms with van der Waals surface area (Å²) in [5.74, 6) is 1.58. The maximum Gasteiger partial charge on any atom is 0.253 e. The molecule has 30 heavy (non-hydrogen) atoms. The molecule has 2 aliphatic rings. The largest absolute Gasteiger partial charge is 0.376 e. The number of benzene rings is 2. The second-order valence-electron chi connectivity index (χ2n) is 8.85. The molecule has 1 aliphatic heterocycles. The van der Waals surface area contributed by atoms with E-state index in [-0.39, 0.29) is 5.91 Å². The van der Waals surface area contributed by atoms with Crippen molar-refractivity contribution in [3.05, 3.63) is 65.5 Å². The predicted octanol–water partition coefficient (Wildman–Crippen LogP) is 4.58. The minimum absolute atomic E-state index is 0.125. The zero-order valence-corrected chi connectivity index (χ0v) is 17.3. The SMILES string of the molecule is O=C(c1ccc2nc[nH]c2c1)N1CCC(Cc2ccc(COCC3CC3)cc2)CC1. The molecule has 0 atom stereocenters. The van der Waals surface area contributed by atoms with Crippen LogP contribution in [0.1, 0.15) is 47.2 Å². The summed E-state index contributed by atoms with van der Waals surface area (Å²) in [5.41, 5.74) is 5.19. The summed E-state index contributed by atoms with van der Waals surface area (Å²) in [6.07, 6.45) is 7.55. The molecule has 0 bridgehead atoms. The molecule has 2 fully saturated rings. The van der Waals surface area contributed by atoms with Gasteiger partial charge in [-0.3, -0.25) is 4.79 Å². The number of carbonyl (C=O) groups is 1. The average molecular weight is 404 g/mol. The molecule has 5 rings (SSSR count). The van der Waals surface area contributed by atoms with E-state index in [0.717, 1.165) is 68.1 Å². The van der Waals surface area contributed by atoms with E-state index in [1.165, 1.54) is 24.0 Å². The van der Waals surface area contributed by atoms with Crippen LogP contribution in [0, 0.1) is 11.8 Å². The molecule has 5 heteroatoms. The van der Waals surface area contributed by atoms with Crippen molar-refractivity contribution in [2.75, 3.05) is 19.7 Å². The molecular formula is C25H29N3O2. The summed E-state index contributed by atoms with van der Waals surface area (Å²) >= 11 is 0. The van der Waals surface area contributed by atoms with Crippen molar-refractivity contribution < 1.29 is 9.53 Å². The highest BCUT2D eigenvalue weighted by atomic mass is 16.5. The number of aromatic amines is 1. The number of H-pyrrole nitrogens is 1. The van der Waals surface area contributed by atoms with Crippen LogP contribution in [0.15, 0.2) is 48.8 Å². The van der Waals surface area contributed by atoms with Gasteiger partial charge in [0.1, 0.15) is 0 Å². The third-order valence-corrected chi connectivity index (χ3v) is 6.44. The topological polar surface area (TPSA) is 58.2 Å². The molecular weight excluding hydrogens is 374 g/mol. The van der Waals surface area contributed by atoms with E-state index in [9.17, 15) is 4.79 Å². The number of nitrogens with zero attached hydrogens (tertiary/aromatic N) is 2. The second kappa shape index (κ2) is 8.60. The predicted molar refractivity (Wildman–Crippen MR) is 117 cm³/mol. The van der Waals surface area contributed by atoms with Crippen LogP contribution < -0.4 is 0 Å². The lowest BCUT2D eigenvalue weighted by molar-refractivity contribution is 0.0690. The fourth-order valence-corrected chi connectivity index (χ4v) is 4.32. The van der Waals surface area contributed by atoms with Crippen molar-refractivity contribution in [1.29, 1.82) is 0 Å². The smallest absolute Gasteiger partial charge is 0.253 e. The van der Waals surface area contributed by atoms with Gasteiger partial charge in [0.15, 0.2) is 0 Å². The molecule has 3 aromatic rings. The molecule has 156 valence electrons. The third-order valence-electron chi connectivity index (χ3n) is 6.44. The number of hydrogen-bond acceptors (Lipinski definition) is 3. The van der Waals surface area contributed by atoms with Crippen LogP contribution in [0.5, 0.6) is 0 Å². The number of aromatic nitrogens is 2. The van der Waals surface area contributed by atoms with Gasteiger partial charge in [0, 0.05) is 25.3 Å². The number of rotatable bonds is 7. The van der Waals surface area contributed by atoms with Crippen LogP contribution in [0.3, 0.4) is 0 Å². The number of hydrogen-bond donors (Lipinski definition) is 1. The highest BCUT2D eigenvalue weighted by Gasteiger charge is 2.24. The van der Waals surface area contributed by atoms with E-state index in [4.69, 9.17) is 4.74 Å². The van der Waals surface area contributed by atoms with E-state index in [1.54, 1.807) is 6.33 Å². The van der Waals surface area contributed by atoms with Crippen LogP contribution >= 0.6 is 0 Å². The van der Waals surface area contributed by atoms with Gasteiger partial charge in [-0.1, -0.05) is 24.3 Å². The van der Waals surface area contributed by atoms with Crippen LogP contribution in [0.25, 0.3) is 11.0 Å². The highest BCUT2D eigenvalue weighted by Crippen LogP contribution is 2.29. The van der Waals surface area contributed by atoms with Crippen LogP contribution in [0.4, 0.5) is 0 Å². The van der Waals surface area contributed by atoms with Crippen LogP contribution in [-0.4, -0.2) is 40.5 Å². The van der Waals surface area contributed by atoms with Gasteiger partial charge >= 0.3 is 0 Å². The van der Waals surface area contributed by atoms with Gasteiger partial charge in [0.05, 0.1) is 24.0 Å². The normalized spacial score (nSPS) is 17.5. The van der Waals surface area contributed by atoms with Gasteiger partial charge in [0.2, 0.25) is 0 Å². The van der Waals surface area contributed by atoms with E-state index in [1.807, 2.05) is 23.1 Å². The maximum absolute atomic E-state index is 12.9.